The number of fused-ring (bicyclic) bond motifs is 1. The lowest BCUT2D eigenvalue weighted by atomic mass is 9.98. The van der Waals surface area contributed by atoms with Crippen molar-refractivity contribution in [2.24, 2.45) is 5.92 Å². The molecule has 10 heteroatoms. The first-order valence-corrected chi connectivity index (χ1v) is 16.2. The molecule has 1 saturated carbocycles. The molecule has 1 atom stereocenters. The highest BCUT2D eigenvalue weighted by Crippen LogP contribution is 2.32. The lowest BCUT2D eigenvalue weighted by Crippen LogP contribution is -2.42. The number of H-pyrrole nitrogens is 1. The third-order valence-corrected chi connectivity index (χ3v) is 9.07. The Morgan fingerprint density at radius 1 is 0.891 bits per heavy atom. The van der Waals surface area contributed by atoms with Crippen molar-refractivity contribution in [3.63, 3.8) is 0 Å². The highest BCUT2D eigenvalue weighted by molar-refractivity contribution is 5.80. The van der Waals surface area contributed by atoms with Crippen LogP contribution in [-0.4, -0.2) is 39.3 Å². The van der Waals surface area contributed by atoms with Gasteiger partial charge in [-0.3, -0.25) is 13.9 Å². The van der Waals surface area contributed by atoms with E-state index in [1.807, 2.05) is 61.5 Å². The summed E-state index contributed by atoms with van der Waals surface area (Å²) < 4.78 is 5.27. The van der Waals surface area contributed by atoms with Crippen molar-refractivity contribution in [2.45, 2.75) is 71.5 Å². The molecule has 0 spiro atoms. The summed E-state index contributed by atoms with van der Waals surface area (Å²) in [6, 6.07) is 25.7. The highest BCUT2D eigenvalue weighted by Gasteiger charge is 2.29. The number of hydrogen-bond acceptors (Lipinski definition) is 6. The van der Waals surface area contributed by atoms with Gasteiger partial charge in [-0.1, -0.05) is 98.6 Å². The van der Waals surface area contributed by atoms with Gasteiger partial charge in [0.05, 0.1) is 6.04 Å². The Hall–Kier alpha value is -5.12. The van der Waals surface area contributed by atoms with Crippen molar-refractivity contribution in [1.29, 1.82) is 0 Å². The Labute approximate surface area is 266 Å². The van der Waals surface area contributed by atoms with E-state index in [-0.39, 0.29) is 11.2 Å². The predicted octanol–water partition coefficient (Wildman–Crippen LogP) is 6.01. The number of benzene rings is 3. The Morgan fingerprint density at radius 3 is 2.33 bits per heavy atom. The van der Waals surface area contributed by atoms with Gasteiger partial charge in [0.15, 0.2) is 11.2 Å². The topological polar surface area (TPSA) is 116 Å². The molecule has 1 aliphatic carbocycles. The van der Waals surface area contributed by atoms with E-state index < -0.39 is 6.04 Å². The van der Waals surface area contributed by atoms with Crippen LogP contribution in [0.1, 0.15) is 68.9 Å². The largest absolute Gasteiger partial charge is 0.333 e. The molecule has 0 aliphatic heterocycles. The van der Waals surface area contributed by atoms with Crippen LogP contribution in [0, 0.1) is 5.92 Å². The zero-order chi connectivity index (χ0) is 31.6. The average Bonchev–Trinajstić information content (AvgIpc) is 3.60. The summed E-state index contributed by atoms with van der Waals surface area (Å²) in [5.74, 6) is 1.83. The Morgan fingerprint density at radius 2 is 1.63 bits per heavy atom. The lowest BCUT2D eigenvalue weighted by molar-refractivity contribution is 0.517. The quantitative estimate of drug-likeness (QED) is 0.169. The van der Waals surface area contributed by atoms with E-state index in [4.69, 9.17) is 4.98 Å². The first-order chi connectivity index (χ1) is 22.5. The van der Waals surface area contributed by atoms with Gasteiger partial charge in [0, 0.05) is 25.1 Å². The van der Waals surface area contributed by atoms with Gasteiger partial charge in [0.2, 0.25) is 5.82 Å². The molecule has 0 bridgehead atoms. The van der Waals surface area contributed by atoms with Crippen molar-refractivity contribution in [3.8, 4) is 22.5 Å². The molecule has 1 N–H and O–H groups in total. The summed E-state index contributed by atoms with van der Waals surface area (Å²) >= 11 is 0. The second kappa shape index (κ2) is 12.7. The first kappa shape index (κ1) is 29.6. The van der Waals surface area contributed by atoms with Gasteiger partial charge in [-0.25, -0.2) is 9.78 Å². The smallest absolute Gasteiger partial charge is 0.318 e. The molecule has 0 amide bonds. The lowest BCUT2D eigenvalue weighted by Gasteiger charge is -2.18. The third kappa shape index (κ3) is 5.71. The van der Waals surface area contributed by atoms with Crippen LogP contribution in [0.15, 0.2) is 88.5 Å². The fourth-order valence-corrected chi connectivity index (χ4v) is 6.32. The van der Waals surface area contributed by atoms with Crippen molar-refractivity contribution < 1.29 is 0 Å². The van der Waals surface area contributed by atoms with Gasteiger partial charge in [0.1, 0.15) is 5.82 Å². The molecule has 3 aromatic carbocycles. The number of tetrazole rings is 1. The summed E-state index contributed by atoms with van der Waals surface area (Å²) in [5.41, 5.74) is 5.33. The van der Waals surface area contributed by atoms with Gasteiger partial charge in [-0.15, -0.1) is 10.2 Å². The predicted molar refractivity (Wildman–Crippen MR) is 179 cm³/mol. The molecule has 46 heavy (non-hydrogen) atoms. The third-order valence-electron chi connectivity index (χ3n) is 9.07. The first-order valence-electron chi connectivity index (χ1n) is 16.2. The average molecular weight is 615 g/mol. The minimum atomic E-state index is -0.415. The summed E-state index contributed by atoms with van der Waals surface area (Å²) in [6.45, 7) is 5.16. The molecule has 1 aliphatic rings. The van der Waals surface area contributed by atoms with Crippen LogP contribution in [-0.2, 0) is 19.5 Å². The summed E-state index contributed by atoms with van der Waals surface area (Å²) in [4.78, 5) is 33.5. The number of unbranched alkanes of at least 4 members (excludes halogenated alkanes) is 2. The molecule has 6 aromatic rings. The molecular formula is C36H38N8O2. The van der Waals surface area contributed by atoms with Crippen molar-refractivity contribution in [1.82, 2.24) is 39.3 Å². The van der Waals surface area contributed by atoms with E-state index in [1.165, 1.54) is 4.57 Å². The number of nitrogens with one attached hydrogen (secondary N) is 1. The van der Waals surface area contributed by atoms with E-state index in [9.17, 15) is 9.59 Å². The zero-order valence-electron chi connectivity index (χ0n) is 26.3. The molecule has 1 unspecified atom stereocenters. The van der Waals surface area contributed by atoms with E-state index in [0.29, 0.717) is 36.0 Å². The standard InChI is InChI=1S/C36H38N8O2/c1-3-4-6-15-31-37-34-32(35(45)44(24(2)27-11-7-5-8-12-27)36(46)43(34)23-25-16-17-25)42(31)22-26-18-20-28(21-19-26)29-13-9-10-14-30(29)33-38-40-41-39-33/h5,7-14,18-21,24-25H,3-4,6,15-17,22-23H2,1-2H3,(H,38,39,40,41). The van der Waals surface area contributed by atoms with Crippen LogP contribution < -0.4 is 11.2 Å². The van der Waals surface area contributed by atoms with Gasteiger partial charge < -0.3 is 4.57 Å². The van der Waals surface area contributed by atoms with E-state index in [2.05, 4.69) is 56.4 Å². The maximum atomic E-state index is 14.4. The Kier molecular flexibility index (Phi) is 8.17. The molecule has 234 valence electrons. The maximum absolute atomic E-state index is 14.4. The summed E-state index contributed by atoms with van der Waals surface area (Å²) in [5, 5.41) is 14.6. The van der Waals surface area contributed by atoms with Crippen molar-refractivity contribution >= 4 is 11.2 Å². The fraction of sp³-hybridized carbons (Fsp3) is 0.333. The van der Waals surface area contributed by atoms with E-state index >= 15 is 0 Å². The molecule has 0 saturated heterocycles. The molecule has 7 rings (SSSR count). The Balaban J connectivity index is 1.34. The Bertz CT molecular complexity index is 2070. The number of hydrogen-bond donors (Lipinski definition) is 1. The maximum Gasteiger partial charge on any atom is 0.333 e. The molecule has 3 heterocycles. The molecule has 10 nitrogen and oxygen atoms in total. The number of nitrogens with zero attached hydrogens (tertiary/aromatic N) is 7. The van der Waals surface area contributed by atoms with Crippen LogP contribution in [0.25, 0.3) is 33.7 Å². The van der Waals surface area contributed by atoms with Crippen LogP contribution in [0.2, 0.25) is 0 Å². The van der Waals surface area contributed by atoms with Gasteiger partial charge >= 0.3 is 5.69 Å². The van der Waals surface area contributed by atoms with Gasteiger partial charge in [-0.2, -0.15) is 5.21 Å². The van der Waals surface area contributed by atoms with Gasteiger partial charge in [0.25, 0.3) is 5.56 Å². The number of imidazole rings is 1. The molecule has 3 aromatic heterocycles. The van der Waals surface area contributed by atoms with E-state index in [0.717, 1.165) is 72.2 Å². The van der Waals surface area contributed by atoms with Crippen molar-refractivity contribution in [2.75, 3.05) is 0 Å². The van der Waals surface area contributed by atoms with Gasteiger partial charge in [-0.05, 0) is 59.6 Å². The number of aromatic nitrogens is 8. The molecule has 0 radical (unpaired) electrons. The second-order valence-corrected chi connectivity index (χ2v) is 12.3. The van der Waals surface area contributed by atoms with E-state index in [1.54, 1.807) is 4.57 Å². The minimum Gasteiger partial charge on any atom is -0.318 e. The fourth-order valence-electron chi connectivity index (χ4n) is 6.32. The van der Waals surface area contributed by atoms with Crippen molar-refractivity contribution in [3.05, 3.63) is 117 Å². The van der Waals surface area contributed by atoms with Crippen LogP contribution in [0.4, 0.5) is 0 Å². The normalized spacial score (nSPS) is 13.8. The van der Waals surface area contributed by atoms with Crippen LogP contribution in [0.3, 0.4) is 0 Å². The zero-order valence-corrected chi connectivity index (χ0v) is 26.3. The summed E-state index contributed by atoms with van der Waals surface area (Å²) in [6.07, 6.45) is 6.04. The number of aromatic amines is 1. The highest BCUT2D eigenvalue weighted by atomic mass is 16.2. The van der Waals surface area contributed by atoms with Crippen LogP contribution >= 0.6 is 0 Å². The number of rotatable bonds is 12. The molecule has 1 fully saturated rings. The SMILES string of the molecule is CCCCCc1nc2c(c(=O)n(C(C)c3ccccc3)c(=O)n2CC2CC2)n1Cc1ccc(-c2ccccc2-c2nn[nH]n2)cc1. The number of aryl methyl sites for hydroxylation is 1. The minimum absolute atomic E-state index is 0.282. The molecular weight excluding hydrogens is 576 g/mol. The van der Waals surface area contributed by atoms with Crippen LogP contribution in [0.5, 0.6) is 0 Å². The summed E-state index contributed by atoms with van der Waals surface area (Å²) in [7, 11) is 0. The second-order valence-electron chi connectivity index (χ2n) is 12.3. The monoisotopic (exact) mass is 614 g/mol.